The standard InChI is InChI=1S/C7H8NO/c1-2-9-7-3-5-8-6-4-7/h3-6H,1-2H2. The molecule has 0 unspecified atom stereocenters. The molecule has 0 aliphatic carbocycles. The molecule has 1 rings (SSSR count). The van der Waals surface area contributed by atoms with E-state index in [1.54, 1.807) is 24.5 Å². The van der Waals surface area contributed by atoms with Crippen molar-refractivity contribution >= 4 is 0 Å². The van der Waals surface area contributed by atoms with Crippen LogP contribution in [0.5, 0.6) is 5.75 Å². The van der Waals surface area contributed by atoms with Gasteiger partial charge in [-0.3, -0.25) is 4.98 Å². The summed E-state index contributed by atoms with van der Waals surface area (Å²) in [5, 5.41) is 0. The lowest BCUT2D eigenvalue weighted by Crippen LogP contribution is -1.90. The molecule has 2 heteroatoms. The normalized spacial score (nSPS) is 9.00. The van der Waals surface area contributed by atoms with E-state index in [-0.39, 0.29) is 0 Å². The van der Waals surface area contributed by atoms with Crippen molar-refractivity contribution in [1.82, 2.24) is 4.98 Å². The third-order valence-electron chi connectivity index (χ3n) is 0.918. The average Bonchev–Trinajstić information content (AvgIpc) is 1.91. The smallest absolute Gasteiger partial charge is 0.122 e. The summed E-state index contributed by atoms with van der Waals surface area (Å²) in [6, 6.07) is 3.59. The molecule has 0 aliphatic rings. The van der Waals surface area contributed by atoms with Crippen LogP contribution in [0.25, 0.3) is 0 Å². The van der Waals surface area contributed by atoms with Crippen LogP contribution in [-0.2, 0) is 0 Å². The molecule has 0 N–H and O–H groups in total. The molecular formula is C7H8NO. The Hall–Kier alpha value is -1.05. The van der Waals surface area contributed by atoms with Crippen molar-refractivity contribution in [3.63, 3.8) is 0 Å². The lowest BCUT2D eigenvalue weighted by Gasteiger charge is -1.98. The summed E-state index contributed by atoms with van der Waals surface area (Å²) in [7, 11) is 0. The van der Waals surface area contributed by atoms with Crippen LogP contribution in [-0.4, -0.2) is 11.6 Å². The second-order valence-corrected chi connectivity index (χ2v) is 1.53. The van der Waals surface area contributed by atoms with Crippen molar-refractivity contribution in [2.24, 2.45) is 0 Å². The minimum Gasteiger partial charge on any atom is -0.493 e. The lowest BCUT2D eigenvalue weighted by atomic mass is 10.5. The Balaban J connectivity index is 2.61. The van der Waals surface area contributed by atoms with Gasteiger partial charge in [-0.2, -0.15) is 0 Å². The highest BCUT2D eigenvalue weighted by atomic mass is 16.5. The van der Waals surface area contributed by atoms with Crippen LogP contribution >= 0.6 is 0 Å². The first kappa shape index (κ1) is 6.08. The summed E-state index contributed by atoms with van der Waals surface area (Å²) in [5.41, 5.74) is 0. The van der Waals surface area contributed by atoms with E-state index in [9.17, 15) is 0 Å². The molecule has 0 amide bonds. The number of hydrogen-bond donors (Lipinski definition) is 0. The van der Waals surface area contributed by atoms with Gasteiger partial charge in [-0.15, -0.1) is 0 Å². The van der Waals surface area contributed by atoms with E-state index < -0.39 is 0 Å². The predicted octanol–water partition coefficient (Wildman–Crippen LogP) is 1.29. The maximum atomic E-state index is 5.05. The van der Waals surface area contributed by atoms with Crippen molar-refractivity contribution < 1.29 is 4.74 Å². The fraction of sp³-hybridized carbons (Fsp3) is 0.143. The Morgan fingerprint density at radius 2 is 2.11 bits per heavy atom. The first-order valence-electron chi connectivity index (χ1n) is 2.75. The van der Waals surface area contributed by atoms with Crippen molar-refractivity contribution in [3.8, 4) is 5.75 Å². The van der Waals surface area contributed by atoms with E-state index in [0.717, 1.165) is 5.75 Å². The number of rotatable bonds is 2. The molecule has 0 saturated carbocycles. The summed E-state index contributed by atoms with van der Waals surface area (Å²) in [6.07, 6.45) is 3.37. The summed E-state index contributed by atoms with van der Waals surface area (Å²) < 4.78 is 5.05. The Morgan fingerprint density at radius 3 is 2.67 bits per heavy atom. The van der Waals surface area contributed by atoms with Gasteiger partial charge in [0, 0.05) is 12.4 Å². The van der Waals surface area contributed by atoms with Gasteiger partial charge in [0.1, 0.15) is 5.75 Å². The van der Waals surface area contributed by atoms with Crippen LogP contribution in [0.3, 0.4) is 0 Å². The summed E-state index contributed by atoms with van der Waals surface area (Å²) in [6.45, 7) is 4.00. The van der Waals surface area contributed by atoms with Gasteiger partial charge in [0.2, 0.25) is 0 Å². The first-order chi connectivity index (χ1) is 4.43. The van der Waals surface area contributed by atoms with Crippen molar-refractivity contribution in [3.05, 3.63) is 31.5 Å². The number of ether oxygens (including phenoxy) is 1. The monoisotopic (exact) mass is 122 g/mol. The van der Waals surface area contributed by atoms with Gasteiger partial charge >= 0.3 is 0 Å². The molecule has 1 radical (unpaired) electrons. The van der Waals surface area contributed by atoms with Crippen LogP contribution in [0, 0.1) is 6.92 Å². The predicted molar refractivity (Wildman–Crippen MR) is 35.1 cm³/mol. The molecule has 1 heterocycles. The van der Waals surface area contributed by atoms with Crippen LogP contribution in [0.15, 0.2) is 24.5 Å². The molecule has 2 nitrogen and oxygen atoms in total. The summed E-state index contributed by atoms with van der Waals surface area (Å²) in [4.78, 5) is 3.83. The molecule has 1 aromatic heterocycles. The molecule has 0 fully saturated rings. The third kappa shape index (κ3) is 1.72. The van der Waals surface area contributed by atoms with Gasteiger partial charge in [0.25, 0.3) is 0 Å². The summed E-state index contributed by atoms with van der Waals surface area (Å²) >= 11 is 0. The quantitative estimate of drug-likeness (QED) is 0.589. The number of hydrogen-bond acceptors (Lipinski definition) is 2. The van der Waals surface area contributed by atoms with Crippen molar-refractivity contribution in [1.29, 1.82) is 0 Å². The van der Waals surface area contributed by atoms with Gasteiger partial charge in [0.05, 0.1) is 6.61 Å². The van der Waals surface area contributed by atoms with E-state index in [0.29, 0.717) is 6.61 Å². The van der Waals surface area contributed by atoms with E-state index in [1.807, 2.05) is 0 Å². The van der Waals surface area contributed by atoms with Gasteiger partial charge < -0.3 is 4.74 Å². The third-order valence-corrected chi connectivity index (χ3v) is 0.918. The molecular weight excluding hydrogens is 114 g/mol. The largest absolute Gasteiger partial charge is 0.493 e. The second kappa shape index (κ2) is 3.07. The Bertz CT molecular complexity index is 162. The van der Waals surface area contributed by atoms with E-state index >= 15 is 0 Å². The topological polar surface area (TPSA) is 22.1 Å². The zero-order valence-corrected chi connectivity index (χ0v) is 5.08. The second-order valence-electron chi connectivity index (χ2n) is 1.53. The number of nitrogens with zero attached hydrogens (tertiary/aromatic N) is 1. The lowest BCUT2D eigenvalue weighted by molar-refractivity contribution is 0.360. The SMILES string of the molecule is [CH2]COc1ccncc1. The van der Waals surface area contributed by atoms with Gasteiger partial charge in [-0.25, -0.2) is 0 Å². The Morgan fingerprint density at radius 1 is 1.44 bits per heavy atom. The van der Waals surface area contributed by atoms with E-state index in [1.165, 1.54) is 0 Å². The van der Waals surface area contributed by atoms with E-state index in [4.69, 9.17) is 4.74 Å². The zero-order valence-electron chi connectivity index (χ0n) is 5.08. The number of aromatic nitrogens is 1. The molecule has 0 aliphatic heterocycles. The minimum absolute atomic E-state index is 0.462. The average molecular weight is 122 g/mol. The molecule has 47 valence electrons. The zero-order chi connectivity index (χ0) is 6.53. The fourth-order valence-electron chi connectivity index (χ4n) is 0.552. The molecule has 0 spiro atoms. The highest BCUT2D eigenvalue weighted by molar-refractivity contribution is 5.16. The fourth-order valence-corrected chi connectivity index (χ4v) is 0.552. The Kier molecular flexibility index (Phi) is 2.07. The van der Waals surface area contributed by atoms with Crippen molar-refractivity contribution in [2.75, 3.05) is 6.61 Å². The molecule has 0 atom stereocenters. The molecule has 0 bridgehead atoms. The maximum absolute atomic E-state index is 5.05. The summed E-state index contributed by atoms with van der Waals surface area (Å²) in [5.74, 6) is 0.819. The number of pyridine rings is 1. The van der Waals surface area contributed by atoms with Crippen LogP contribution in [0.1, 0.15) is 0 Å². The molecule has 0 saturated heterocycles. The van der Waals surface area contributed by atoms with Crippen LogP contribution < -0.4 is 4.74 Å². The van der Waals surface area contributed by atoms with Gasteiger partial charge in [0.15, 0.2) is 0 Å². The molecule has 0 aromatic carbocycles. The highest BCUT2D eigenvalue weighted by Gasteiger charge is 1.84. The van der Waals surface area contributed by atoms with Crippen LogP contribution in [0.2, 0.25) is 0 Å². The maximum Gasteiger partial charge on any atom is 0.122 e. The molecule has 1 aromatic rings. The van der Waals surface area contributed by atoms with Gasteiger partial charge in [-0.1, -0.05) is 0 Å². The van der Waals surface area contributed by atoms with Crippen LogP contribution in [0.4, 0.5) is 0 Å². The minimum atomic E-state index is 0.462. The van der Waals surface area contributed by atoms with Gasteiger partial charge in [-0.05, 0) is 19.1 Å². The Labute approximate surface area is 54.5 Å². The van der Waals surface area contributed by atoms with E-state index in [2.05, 4.69) is 11.9 Å². The van der Waals surface area contributed by atoms with Crippen molar-refractivity contribution in [2.45, 2.75) is 0 Å². The highest BCUT2D eigenvalue weighted by Crippen LogP contribution is 2.05. The molecule has 9 heavy (non-hydrogen) atoms. The first-order valence-corrected chi connectivity index (χ1v) is 2.75.